The molecule has 2 aromatic heterocycles. The maximum absolute atomic E-state index is 14.5. The zero-order chi connectivity index (χ0) is 26.3. The monoisotopic (exact) mass is 551 g/mol. The van der Waals surface area contributed by atoms with Gasteiger partial charge in [-0.05, 0) is 57.1 Å². The van der Waals surface area contributed by atoms with Crippen molar-refractivity contribution in [3.8, 4) is 0 Å². The number of rotatable bonds is 7. The van der Waals surface area contributed by atoms with E-state index in [0.717, 1.165) is 44.6 Å². The second-order valence-electron chi connectivity index (χ2n) is 11.0. The standard InChI is InChI=1S/C26H25F4N3O4S/c27-19-5-12(24(34)35)6-20-22(19)31-25(38-20)33-13-3-4-14(33)8-15(7-13)36-10-17-21(16-9-18(16)26(28,29)30)32-37-23(17)11-1-2-11/h5-6,11,13-16,18H,1-4,7-10H2,(H,34,35)/t13-,14+,15?,16-,18-/m0/s1. The number of carbonyl (C=O) groups is 1. The minimum Gasteiger partial charge on any atom is -0.478 e. The molecular weight excluding hydrogens is 526 g/mol. The molecule has 2 aliphatic carbocycles. The van der Waals surface area contributed by atoms with Crippen LogP contribution in [-0.2, 0) is 11.3 Å². The zero-order valence-corrected chi connectivity index (χ0v) is 21.0. The number of piperidine rings is 1. The number of carboxylic acids is 1. The molecule has 7 nitrogen and oxygen atoms in total. The fourth-order valence-electron chi connectivity index (χ4n) is 6.28. The third kappa shape index (κ3) is 4.16. The average Bonchev–Trinajstić information content (AvgIpc) is 3.76. The second kappa shape index (κ2) is 8.64. The molecule has 1 unspecified atom stereocenters. The number of halogens is 4. The first-order valence-electron chi connectivity index (χ1n) is 13.0. The van der Waals surface area contributed by atoms with Crippen LogP contribution in [0.1, 0.15) is 84.2 Å². The smallest absolute Gasteiger partial charge is 0.392 e. The molecule has 38 heavy (non-hydrogen) atoms. The Labute approximate surface area is 218 Å². The van der Waals surface area contributed by atoms with E-state index in [4.69, 9.17) is 9.26 Å². The number of anilines is 1. The Morgan fingerprint density at radius 3 is 2.53 bits per heavy atom. The number of alkyl halides is 3. The molecule has 2 saturated carbocycles. The van der Waals surface area contributed by atoms with Crippen molar-refractivity contribution < 1.29 is 36.7 Å². The van der Waals surface area contributed by atoms with Crippen molar-refractivity contribution in [2.45, 2.75) is 87.8 Å². The Bertz CT molecular complexity index is 1400. The maximum Gasteiger partial charge on any atom is 0.392 e. The number of hydrogen-bond acceptors (Lipinski definition) is 7. The Morgan fingerprint density at radius 1 is 1.16 bits per heavy atom. The molecule has 4 heterocycles. The van der Waals surface area contributed by atoms with E-state index in [1.165, 1.54) is 17.4 Å². The van der Waals surface area contributed by atoms with Crippen molar-refractivity contribution in [3.63, 3.8) is 0 Å². The molecule has 0 spiro atoms. The predicted molar refractivity (Wildman–Crippen MR) is 129 cm³/mol. The van der Waals surface area contributed by atoms with Gasteiger partial charge in [-0.3, -0.25) is 0 Å². The van der Waals surface area contributed by atoms with Gasteiger partial charge in [0.25, 0.3) is 0 Å². The van der Waals surface area contributed by atoms with E-state index in [-0.39, 0.29) is 48.2 Å². The summed E-state index contributed by atoms with van der Waals surface area (Å²) < 4.78 is 66.6. The fraction of sp³-hybridized carbons (Fsp3) is 0.577. The average molecular weight is 552 g/mol. The van der Waals surface area contributed by atoms with Crippen LogP contribution < -0.4 is 4.90 Å². The van der Waals surface area contributed by atoms with Crippen LogP contribution in [0.4, 0.5) is 22.7 Å². The lowest BCUT2D eigenvalue weighted by Gasteiger charge is -2.38. The summed E-state index contributed by atoms with van der Waals surface area (Å²) in [5.41, 5.74) is 1.19. The van der Waals surface area contributed by atoms with Gasteiger partial charge in [-0.25, -0.2) is 14.2 Å². The lowest BCUT2D eigenvalue weighted by Crippen LogP contribution is -2.45. The van der Waals surface area contributed by atoms with Crippen molar-refractivity contribution in [3.05, 3.63) is 40.5 Å². The molecule has 1 aromatic carbocycles. The molecule has 0 radical (unpaired) electrons. The minimum absolute atomic E-state index is 0.0480. The molecule has 4 fully saturated rings. The van der Waals surface area contributed by atoms with E-state index < -0.39 is 29.8 Å². The summed E-state index contributed by atoms with van der Waals surface area (Å²) in [5.74, 6) is -2.93. The number of carboxylic acid groups (broad SMARTS) is 1. The molecule has 5 atom stereocenters. The topological polar surface area (TPSA) is 88.7 Å². The first kappa shape index (κ1) is 24.3. The summed E-state index contributed by atoms with van der Waals surface area (Å²) in [4.78, 5) is 18.0. The first-order valence-corrected chi connectivity index (χ1v) is 13.8. The van der Waals surface area contributed by atoms with Gasteiger partial charge in [-0.15, -0.1) is 0 Å². The van der Waals surface area contributed by atoms with E-state index in [9.17, 15) is 27.5 Å². The van der Waals surface area contributed by atoms with E-state index >= 15 is 0 Å². The van der Waals surface area contributed by atoms with Crippen LogP contribution in [0.25, 0.3) is 10.2 Å². The number of fused-ring (bicyclic) bond motifs is 3. The molecule has 2 saturated heterocycles. The van der Waals surface area contributed by atoms with Gasteiger partial charge in [0, 0.05) is 29.5 Å². The Morgan fingerprint density at radius 2 is 1.89 bits per heavy atom. The zero-order valence-electron chi connectivity index (χ0n) is 20.2. The van der Waals surface area contributed by atoms with E-state index in [1.807, 2.05) is 0 Å². The quantitative estimate of drug-likeness (QED) is 0.341. The number of aromatic nitrogens is 2. The Kier molecular flexibility index (Phi) is 5.53. The second-order valence-corrected chi connectivity index (χ2v) is 12.0. The Balaban J connectivity index is 1.07. The molecule has 1 N–H and O–H groups in total. The van der Waals surface area contributed by atoms with Crippen LogP contribution in [0.2, 0.25) is 0 Å². The SMILES string of the molecule is O=C(O)c1cc(F)c2nc(N3[C@@H]4CC[C@H]3CC(OCc3c([C@H]5C[C@@H]5C(F)(F)F)noc3C3CC3)C4)sc2c1. The maximum atomic E-state index is 14.5. The summed E-state index contributed by atoms with van der Waals surface area (Å²) in [7, 11) is 0. The summed E-state index contributed by atoms with van der Waals surface area (Å²) in [6.07, 6.45) is 0.976. The van der Waals surface area contributed by atoms with Crippen molar-refractivity contribution >= 4 is 32.7 Å². The molecule has 12 heteroatoms. The highest BCUT2D eigenvalue weighted by molar-refractivity contribution is 7.22. The fourth-order valence-corrected chi connectivity index (χ4v) is 7.45. The third-order valence-corrected chi connectivity index (χ3v) is 9.43. The summed E-state index contributed by atoms with van der Waals surface area (Å²) in [5, 5.41) is 14.0. The number of hydrogen-bond donors (Lipinski definition) is 1. The van der Waals surface area contributed by atoms with Gasteiger partial charge in [-0.1, -0.05) is 16.5 Å². The van der Waals surface area contributed by atoms with Crippen molar-refractivity contribution in [2.24, 2.45) is 5.92 Å². The van der Waals surface area contributed by atoms with Crippen LogP contribution in [-0.4, -0.2) is 45.6 Å². The van der Waals surface area contributed by atoms with Crippen LogP contribution >= 0.6 is 11.3 Å². The largest absolute Gasteiger partial charge is 0.478 e. The number of thiazole rings is 1. The van der Waals surface area contributed by atoms with Crippen LogP contribution in [0, 0.1) is 11.7 Å². The number of ether oxygens (including phenoxy) is 1. The molecule has 2 aliphatic heterocycles. The Hall–Kier alpha value is -2.73. The van der Waals surface area contributed by atoms with Crippen molar-refractivity contribution in [1.29, 1.82) is 0 Å². The van der Waals surface area contributed by atoms with Gasteiger partial charge in [0.2, 0.25) is 0 Å². The lowest BCUT2D eigenvalue weighted by atomic mass is 10.00. The lowest BCUT2D eigenvalue weighted by molar-refractivity contribution is -0.148. The van der Waals surface area contributed by atoms with Gasteiger partial charge >= 0.3 is 12.1 Å². The number of benzene rings is 1. The molecule has 202 valence electrons. The summed E-state index contributed by atoms with van der Waals surface area (Å²) in [6.45, 7) is 0.195. The number of aromatic carboxylic acids is 1. The minimum atomic E-state index is -4.23. The first-order chi connectivity index (χ1) is 18.2. The highest BCUT2D eigenvalue weighted by atomic mass is 32.1. The van der Waals surface area contributed by atoms with E-state index in [0.29, 0.717) is 26.8 Å². The molecule has 4 aliphatic rings. The van der Waals surface area contributed by atoms with Crippen molar-refractivity contribution in [1.82, 2.24) is 10.1 Å². The van der Waals surface area contributed by atoms with Crippen LogP contribution in [0.5, 0.6) is 0 Å². The molecule has 2 bridgehead atoms. The molecular formula is C26H25F4N3O4S. The molecule has 0 amide bonds. The normalized spacial score (nSPS) is 28.8. The van der Waals surface area contributed by atoms with Gasteiger partial charge in [0.15, 0.2) is 10.9 Å². The van der Waals surface area contributed by atoms with Gasteiger partial charge < -0.3 is 19.3 Å². The number of nitrogens with zero attached hydrogens (tertiary/aromatic N) is 3. The van der Waals surface area contributed by atoms with Gasteiger partial charge in [-0.2, -0.15) is 13.2 Å². The summed E-state index contributed by atoms with van der Waals surface area (Å²) in [6, 6.07) is 2.74. The van der Waals surface area contributed by atoms with E-state index in [1.54, 1.807) is 0 Å². The third-order valence-electron chi connectivity index (χ3n) is 8.42. The molecule has 7 rings (SSSR count). The van der Waals surface area contributed by atoms with Gasteiger partial charge in [0.05, 0.1) is 34.6 Å². The predicted octanol–water partition coefficient (Wildman–Crippen LogP) is 6.38. The van der Waals surface area contributed by atoms with Crippen molar-refractivity contribution in [2.75, 3.05) is 4.90 Å². The molecule has 3 aromatic rings. The highest BCUT2D eigenvalue weighted by Gasteiger charge is 2.58. The van der Waals surface area contributed by atoms with E-state index in [2.05, 4.69) is 15.0 Å². The van der Waals surface area contributed by atoms with Crippen LogP contribution in [0.15, 0.2) is 16.7 Å². The van der Waals surface area contributed by atoms with Crippen LogP contribution in [0.3, 0.4) is 0 Å². The highest BCUT2D eigenvalue weighted by Crippen LogP contribution is 2.57. The van der Waals surface area contributed by atoms with Gasteiger partial charge in [0.1, 0.15) is 11.3 Å². The summed E-state index contributed by atoms with van der Waals surface area (Å²) >= 11 is 1.29.